The molecule has 2 N–H and O–H groups in total. The molecule has 3 aromatic rings. The van der Waals surface area contributed by atoms with E-state index in [2.05, 4.69) is 20.6 Å². The molecule has 2 aromatic heterocycles. The molecular formula is C14H12N6O3. The van der Waals surface area contributed by atoms with Crippen LogP contribution in [-0.4, -0.2) is 30.8 Å². The molecule has 0 spiro atoms. The molecule has 0 fully saturated rings. The fraction of sp³-hybridized carbons (Fsp3) is 0.0714. The van der Waals surface area contributed by atoms with Gasteiger partial charge in [-0.25, -0.2) is 0 Å². The van der Waals surface area contributed by atoms with Crippen molar-refractivity contribution < 1.29 is 9.72 Å². The lowest BCUT2D eigenvalue weighted by Gasteiger charge is -2.07. The van der Waals surface area contributed by atoms with Crippen LogP contribution < -0.4 is 5.32 Å². The van der Waals surface area contributed by atoms with Crippen LogP contribution in [0.1, 0.15) is 16.1 Å². The Kier molecular flexibility index (Phi) is 3.83. The highest BCUT2D eigenvalue weighted by atomic mass is 16.6. The minimum Gasteiger partial charge on any atom is -0.320 e. The number of nitro groups is 1. The van der Waals surface area contributed by atoms with E-state index in [0.717, 1.165) is 11.8 Å². The Balaban J connectivity index is 1.76. The smallest absolute Gasteiger partial charge is 0.319 e. The van der Waals surface area contributed by atoms with E-state index in [-0.39, 0.29) is 11.4 Å². The molecule has 0 saturated heterocycles. The fourth-order valence-electron chi connectivity index (χ4n) is 2.11. The lowest BCUT2D eigenvalue weighted by atomic mass is 10.2. The molecule has 0 bridgehead atoms. The Labute approximate surface area is 130 Å². The zero-order valence-corrected chi connectivity index (χ0v) is 11.8. The largest absolute Gasteiger partial charge is 0.320 e. The number of nitrogens with one attached hydrogen (secondary N) is 2. The maximum atomic E-state index is 12.1. The number of aromatic amines is 1. The molecule has 23 heavy (non-hydrogen) atoms. The monoisotopic (exact) mass is 312 g/mol. The molecule has 0 unspecified atom stereocenters. The first-order valence-electron chi connectivity index (χ1n) is 6.69. The average molecular weight is 312 g/mol. The number of hydrogen-bond acceptors (Lipinski definition) is 5. The van der Waals surface area contributed by atoms with Crippen molar-refractivity contribution >= 4 is 17.3 Å². The number of carbonyl (C=O) groups is 1. The number of benzene rings is 1. The van der Waals surface area contributed by atoms with E-state index in [4.69, 9.17) is 0 Å². The van der Waals surface area contributed by atoms with Gasteiger partial charge in [0.15, 0.2) is 0 Å². The van der Waals surface area contributed by atoms with Crippen molar-refractivity contribution in [1.29, 1.82) is 0 Å². The lowest BCUT2D eigenvalue weighted by molar-refractivity contribution is -0.385. The predicted octanol–water partition coefficient (Wildman–Crippen LogP) is 1.81. The SMILES string of the molecule is O=C(Nc1cccc(Cn2cccn2)c1)c1[nH]ncc1[N+](=O)[O-]. The molecule has 3 rings (SSSR count). The number of carbonyl (C=O) groups excluding carboxylic acids is 1. The summed E-state index contributed by atoms with van der Waals surface area (Å²) in [5, 5.41) is 23.4. The first-order valence-corrected chi connectivity index (χ1v) is 6.69. The number of amides is 1. The maximum absolute atomic E-state index is 12.1. The average Bonchev–Trinajstić information content (AvgIpc) is 3.18. The molecule has 0 saturated carbocycles. The van der Waals surface area contributed by atoms with Gasteiger partial charge < -0.3 is 5.32 Å². The van der Waals surface area contributed by atoms with E-state index in [1.807, 2.05) is 18.3 Å². The van der Waals surface area contributed by atoms with E-state index in [9.17, 15) is 14.9 Å². The number of nitrogens with zero attached hydrogens (tertiary/aromatic N) is 4. The molecule has 116 valence electrons. The lowest BCUT2D eigenvalue weighted by Crippen LogP contribution is -2.14. The van der Waals surface area contributed by atoms with Crippen LogP contribution in [0.4, 0.5) is 11.4 Å². The van der Waals surface area contributed by atoms with Crippen molar-refractivity contribution in [2.45, 2.75) is 6.54 Å². The number of anilines is 1. The molecule has 9 heteroatoms. The van der Waals surface area contributed by atoms with E-state index < -0.39 is 10.8 Å². The van der Waals surface area contributed by atoms with Crippen LogP contribution in [0, 0.1) is 10.1 Å². The third-order valence-electron chi connectivity index (χ3n) is 3.13. The molecule has 0 atom stereocenters. The number of rotatable bonds is 5. The summed E-state index contributed by atoms with van der Waals surface area (Å²) in [4.78, 5) is 22.3. The maximum Gasteiger partial charge on any atom is 0.319 e. The molecule has 9 nitrogen and oxygen atoms in total. The minimum atomic E-state index is -0.660. The molecule has 0 aliphatic rings. The second-order valence-electron chi connectivity index (χ2n) is 4.75. The Morgan fingerprint density at radius 2 is 2.26 bits per heavy atom. The van der Waals surface area contributed by atoms with Gasteiger partial charge >= 0.3 is 5.69 Å². The fourth-order valence-corrected chi connectivity index (χ4v) is 2.11. The van der Waals surface area contributed by atoms with Gasteiger partial charge in [-0.3, -0.25) is 24.7 Å². The summed E-state index contributed by atoms with van der Waals surface area (Å²) in [6.07, 6.45) is 4.52. The summed E-state index contributed by atoms with van der Waals surface area (Å²) in [6.45, 7) is 0.556. The third kappa shape index (κ3) is 3.23. The van der Waals surface area contributed by atoms with Crippen LogP contribution >= 0.6 is 0 Å². The number of H-pyrrole nitrogens is 1. The van der Waals surface area contributed by atoms with E-state index in [1.54, 1.807) is 29.1 Å². The van der Waals surface area contributed by atoms with Gasteiger partial charge in [0.25, 0.3) is 5.91 Å². The molecular weight excluding hydrogens is 300 g/mol. The molecule has 0 radical (unpaired) electrons. The molecule has 1 amide bonds. The molecule has 0 aliphatic carbocycles. The quantitative estimate of drug-likeness (QED) is 0.550. The summed E-state index contributed by atoms with van der Waals surface area (Å²) in [5.74, 6) is -0.620. The Morgan fingerprint density at radius 1 is 1.39 bits per heavy atom. The van der Waals surface area contributed by atoms with Gasteiger partial charge in [0.2, 0.25) is 5.69 Å². The van der Waals surface area contributed by atoms with Crippen molar-refractivity contribution in [3.05, 3.63) is 70.3 Å². The van der Waals surface area contributed by atoms with Crippen molar-refractivity contribution in [2.24, 2.45) is 0 Å². The van der Waals surface area contributed by atoms with Crippen LogP contribution in [-0.2, 0) is 6.54 Å². The summed E-state index contributed by atoms with van der Waals surface area (Å²) in [7, 11) is 0. The first-order chi connectivity index (χ1) is 11.1. The predicted molar refractivity (Wildman–Crippen MR) is 81.0 cm³/mol. The Hall–Kier alpha value is -3.49. The van der Waals surface area contributed by atoms with E-state index >= 15 is 0 Å². The second kappa shape index (κ2) is 6.10. The zero-order valence-electron chi connectivity index (χ0n) is 11.8. The van der Waals surface area contributed by atoms with Crippen molar-refractivity contribution in [2.75, 3.05) is 5.32 Å². The number of aromatic nitrogens is 4. The van der Waals surface area contributed by atoms with Gasteiger partial charge in [-0.1, -0.05) is 12.1 Å². The second-order valence-corrected chi connectivity index (χ2v) is 4.75. The summed E-state index contributed by atoms with van der Waals surface area (Å²) >= 11 is 0. The van der Waals surface area contributed by atoms with Crippen LogP contribution in [0.3, 0.4) is 0 Å². The summed E-state index contributed by atoms with van der Waals surface area (Å²) in [6, 6.07) is 8.99. The van der Waals surface area contributed by atoms with Crippen molar-refractivity contribution in [3.8, 4) is 0 Å². The highest BCUT2D eigenvalue weighted by molar-refractivity contribution is 6.05. The van der Waals surface area contributed by atoms with Gasteiger partial charge in [-0.2, -0.15) is 10.2 Å². The van der Waals surface area contributed by atoms with Gasteiger partial charge in [-0.05, 0) is 23.8 Å². The standard InChI is InChI=1S/C14H12N6O3/c21-14(13-12(20(22)23)8-15-18-13)17-11-4-1-3-10(7-11)9-19-6-2-5-16-19/h1-8H,9H2,(H,15,18)(H,17,21). The Morgan fingerprint density at radius 3 is 3.00 bits per heavy atom. The number of hydrogen-bond donors (Lipinski definition) is 2. The minimum absolute atomic E-state index is 0.188. The zero-order chi connectivity index (χ0) is 16.2. The molecule has 2 heterocycles. The Bertz CT molecular complexity index is 840. The summed E-state index contributed by atoms with van der Waals surface area (Å²) in [5.41, 5.74) is 0.914. The highest BCUT2D eigenvalue weighted by Crippen LogP contribution is 2.17. The first kappa shape index (κ1) is 14.4. The van der Waals surface area contributed by atoms with Gasteiger partial charge in [0.1, 0.15) is 6.20 Å². The van der Waals surface area contributed by atoms with Gasteiger partial charge in [-0.15, -0.1) is 0 Å². The van der Waals surface area contributed by atoms with Crippen molar-refractivity contribution in [3.63, 3.8) is 0 Å². The van der Waals surface area contributed by atoms with Gasteiger partial charge in [0, 0.05) is 18.1 Å². The van der Waals surface area contributed by atoms with Crippen molar-refractivity contribution in [1.82, 2.24) is 20.0 Å². The highest BCUT2D eigenvalue weighted by Gasteiger charge is 2.22. The third-order valence-corrected chi connectivity index (χ3v) is 3.13. The van der Waals surface area contributed by atoms with Crippen LogP contribution in [0.2, 0.25) is 0 Å². The molecule has 1 aromatic carbocycles. The van der Waals surface area contributed by atoms with Crippen LogP contribution in [0.5, 0.6) is 0 Å². The normalized spacial score (nSPS) is 10.4. The van der Waals surface area contributed by atoms with Crippen LogP contribution in [0.25, 0.3) is 0 Å². The van der Waals surface area contributed by atoms with E-state index in [0.29, 0.717) is 12.2 Å². The van der Waals surface area contributed by atoms with Crippen LogP contribution in [0.15, 0.2) is 48.9 Å². The summed E-state index contributed by atoms with van der Waals surface area (Å²) < 4.78 is 1.75. The molecule has 0 aliphatic heterocycles. The van der Waals surface area contributed by atoms with E-state index in [1.165, 1.54) is 0 Å². The van der Waals surface area contributed by atoms with Gasteiger partial charge in [0.05, 0.1) is 11.5 Å². The topological polar surface area (TPSA) is 119 Å².